The Morgan fingerprint density at radius 2 is 1.66 bits per heavy atom. The molecule has 0 amide bonds. The number of allylic oxidation sites excluding steroid dienone is 1. The van der Waals surface area contributed by atoms with Crippen molar-refractivity contribution in [1.29, 1.82) is 0 Å². The van der Waals surface area contributed by atoms with E-state index in [-0.39, 0.29) is 5.78 Å². The molecule has 0 unspecified atom stereocenters. The third-order valence-corrected chi connectivity index (χ3v) is 5.45. The summed E-state index contributed by atoms with van der Waals surface area (Å²) < 4.78 is 11.2. The number of carbonyl (C=O) groups is 1. The number of aromatic nitrogens is 1. The van der Waals surface area contributed by atoms with Gasteiger partial charge in [0.15, 0.2) is 11.4 Å². The van der Waals surface area contributed by atoms with Crippen LogP contribution in [0.4, 0.5) is 5.69 Å². The zero-order valence-electron chi connectivity index (χ0n) is 18.5. The minimum absolute atomic E-state index is 0.160. The molecule has 0 atom stereocenters. The van der Waals surface area contributed by atoms with E-state index in [0.29, 0.717) is 33.9 Å². The summed E-state index contributed by atoms with van der Waals surface area (Å²) in [5.74, 6) is 0.841. The van der Waals surface area contributed by atoms with Gasteiger partial charge in [0.2, 0.25) is 5.89 Å². The zero-order valence-corrected chi connectivity index (χ0v) is 18.5. The summed E-state index contributed by atoms with van der Waals surface area (Å²) >= 11 is 0. The first-order valence-corrected chi connectivity index (χ1v) is 10.7. The lowest BCUT2D eigenvalue weighted by Crippen LogP contribution is -2.21. The number of oxazole rings is 1. The molecule has 5 nitrogen and oxygen atoms in total. The Bertz CT molecular complexity index is 1200. The molecule has 0 saturated heterocycles. The van der Waals surface area contributed by atoms with Gasteiger partial charge in [0.05, 0.1) is 12.7 Å². The topological polar surface area (TPSA) is 55.6 Å². The van der Waals surface area contributed by atoms with E-state index in [1.807, 2.05) is 42.5 Å². The highest BCUT2D eigenvalue weighted by Gasteiger charge is 2.20. The first-order valence-electron chi connectivity index (χ1n) is 10.7. The Kier molecular flexibility index (Phi) is 6.36. The summed E-state index contributed by atoms with van der Waals surface area (Å²) in [6.45, 7) is 6.15. The summed E-state index contributed by atoms with van der Waals surface area (Å²) in [5, 5.41) is 0. The number of fused-ring (bicyclic) bond motifs is 1. The molecule has 1 heterocycles. The third kappa shape index (κ3) is 4.42. The molecule has 0 N–H and O–H groups in total. The molecule has 4 aromatic rings. The monoisotopic (exact) mass is 426 g/mol. The number of anilines is 1. The van der Waals surface area contributed by atoms with E-state index in [1.54, 1.807) is 31.4 Å². The number of benzene rings is 3. The molecule has 1 aromatic heterocycles. The second-order valence-electron chi connectivity index (χ2n) is 7.37. The minimum atomic E-state index is -0.160. The molecule has 0 radical (unpaired) electrons. The molecule has 0 aliphatic rings. The van der Waals surface area contributed by atoms with Crippen LogP contribution in [0.15, 0.2) is 77.2 Å². The average Bonchev–Trinajstić information content (AvgIpc) is 3.28. The van der Waals surface area contributed by atoms with Crippen LogP contribution in [0.3, 0.4) is 0 Å². The highest BCUT2D eigenvalue weighted by molar-refractivity contribution is 6.31. The molecule has 0 saturated carbocycles. The Morgan fingerprint density at radius 3 is 2.28 bits per heavy atom. The summed E-state index contributed by atoms with van der Waals surface area (Å²) in [7, 11) is 1.60. The molecule has 5 heteroatoms. The van der Waals surface area contributed by atoms with Gasteiger partial charge in [-0.25, -0.2) is 4.98 Å². The highest BCUT2D eigenvalue weighted by atomic mass is 16.5. The summed E-state index contributed by atoms with van der Waals surface area (Å²) in [6, 6.07) is 22.7. The number of ketones is 1. The summed E-state index contributed by atoms with van der Waals surface area (Å²) in [5.41, 5.74) is 4.36. The maximum absolute atomic E-state index is 13.5. The van der Waals surface area contributed by atoms with E-state index < -0.39 is 0 Å². The van der Waals surface area contributed by atoms with Crippen LogP contribution >= 0.6 is 0 Å². The molecule has 4 rings (SSSR count). The lowest BCUT2D eigenvalue weighted by molar-refractivity contribution is 0.105. The van der Waals surface area contributed by atoms with E-state index >= 15 is 0 Å². The first-order chi connectivity index (χ1) is 15.6. The van der Waals surface area contributed by atoms with Crippen molar-refractivity contribution < 1.29 is 13.9 Å². The number of para-hydroxylation sites is 2. The maximum atomic E-state index is 13.5. The van der Waals surface area contributed by atoms with Crippen molar-refractivity contribution >= 4 is 34.2 Å². The Balaban J connectivity index is 1.76. The molecule has 0 aliphatic carbocycles. The van der Waals surface area contributed by atoms with E-state index in [1.165, 1.54) is 0 Å². The van der Waals surface area contributed by atoms with Crippen molar-refractivity contribution in [2.75, 3.05) is 25.1 Å². The first kappa shape index (κ1) is 21.4. The normalized spacial score (nSPS) is 11.5. The molecular weight excluding hydrogens is 400 g/mol. The summed E-state index contributed by atoms with van der Waals surface area (Å²) in [4.78, 5) is 20.3. The van der Waals surface area contributed by atoms with Gasteiger partial charge in [-0.15, -0.1) is 0 Å². The standard InChI is InChI=1S/C27H26N2O3/c1-4-29(5-2)21-14-10-19(11-15-21)18-23(26(30)20-12-16-22(31-3)17-13-20)27-28-24-8-6-7-9-25(24)32-27/h6-18H,4-5H2,1-3H3/b23-18-. The number of nitrogens with zero attached hydrogens (tertiary/aromatic N) is 2. The van der Waals surface area contributed by atoms with Gasteiger partial charge in [0.1, 0.15) is 11.3 Å². The van der Waals surface area contributed by atoms with Gasteiger partial charge < -0.3 is 14.1 Å². The van der Waals surface area contributed by atoms with Crippen molar-refractivity contribution in [3.63, 3.8) is 0 Å². The number of Topliss-reactive ketones (excluding diaryl/α,β-unsaturated/α-hetero) is 1. The van der Waals surface area contributed by atoms with Crippen LogP contribution in [-0.4, -0.2) is 31.0 Å². The summed E-state index contributed by atoms with van der Waals surface area (Å²) in [6.07, 6.45) is 1.84. The largest absolute Gasteiger partial charge is 0.497 e. The van der Waals surface area contributed by atoms with Gasteiger partial charge in [-0.2, -0.15) is 0 Å². The van der Waals surface area contributed by atoms with Crippen LogP contribution in [0.5, 0.6) is 5.75 Å². The van der Waals surface area contributed by atoms with Crippen LogP contribution in [0.2, 0.25) is 0 Å². The quantitative estimate of drug-likeness (QED) is 0.251. The van der Waals surface area contributed by atoms with Crippen LogP contribution in [0.25, 0.3) is 22.7 Å². The number of rotatable bonds is 8. The van der Waals surface area contributed by atoms with Crippen molar-refractivity contribution in [3.05, 3.63) is 89.8 Å². The van der Waals surface area contributed by atoms with E-state index in [4.69, 9.17) is 9.15 Å². The predicted octanol–water partition coefficient (Wildman–Crippen LogP) is 6.11. The van der Waals surface area contributed by atoms with Gasteiger partial charge in [0.25, 0.3) is 0 Å². The molecule has 0 fully saturated rings. The predicted molar refractivity (Wildman–Crippen MR) is 129 cm³/mol. The van der Waals surface area contributed by atoms with Crippen molar-refractivity contribution in [3.8, 4) is 5.75 Å². The van der Waals surface area contributed by atoms with Gasteiger partial charge in [0, 0.05) is 24.3 Å². The Hall–Kier alpha value is -3.86. The van der Waals surface area contributed by atoms with Gasteiger partial charge in [-0.3, -0.25) is 4.79 Å². The highest BCUT2D eigenvalue weighted by Crippen LogP contribution is 2.27. The smallest absolute Gasteiger partial charge is 0.231 e. The number of hydrogen-bond acceptors (Lipinski definition) is 5. The van der Waals surface area contributed by atoms with E-state index in [0.717, 1.165) is 24.3 Å². The fourth-order valence-electron chi connectivity index (χ4n) is 3.65. The lowest BCUT2D eigenvalue weighted by atomic mass is 10.0. The molecule has 162 valence electrons. The van der Waals surface area contributed by atoms with Crippen LogP contribution in [0.1, 0.15) is 35.7 Å². The molecule has 0 bridgehead atoms. The van der Waals surface area contributed by atoms with Gasteiger partial charge in [-0.1, -0.05) is 24.3 Å². The fourth-order valence-corrected chi connectivity index (χ4v) is 3.65. The van der Waals surface area contributed by atoms with Gasteiger partial charge in [-0.05, 0) is 74.0 Å². The maximum Gasteiger partial charge on any atom is 0.231 e. The van der Waals surface area contributed by atoms with Crippen LogP contribution < -0.4 is 9.64 Å². The van der Waals surface area contributed by atoms with Crippen molar-refractivity contribution in [2.45, 2.75) is 13.8 Å². The van der Waals surface area contributed by atoms with Crippen molar-refractivity contribution in [2.24, 2.45) is 0 Å². The third-order valence-electron chi connectivity index (χ3n) is 5.45. The van der Waals surface area contributed by atoms with E-state index in [9.17, 15) is 4.79 Å². The second-order valence-corrected chi connectivity index (χ2v) is 7.37. The Labute approximate surface area is 188 Å². The minimum Gasteiger partial charge on any atom is -0.497 e. The van der Waals surface area contributed by atoms with E-state index in [2.05, 4.69) is 35.9 Å². The number of carbonyl (C=O) groups excluding carboxylic acids is 1. The van der Waals surface area contributed by atoms with Gasteiger partial charge >= 0.3 is 0 Å². The Morgan fingerprint density at radius 1 is 0.969 bits per heavy atom. The molecule has 0 spiro atoms. The SMILES string of the molecule is CCN(CC)c1ccc(/C=C(/C(=O)c2ccc(OC)cc2)c2nc3ccccc3o2)cc1. The van der Waals surface area contributed by atoms with Crippen molar-refractivity contribution in [1.82, 2.24) is 4.98 Å². The number of methoxy groups -OCH3 is 1. The van der Waals surface area contributed by atoms with Crippen LogP contribution in [-0.2, 0) is 0 Å². The lowest BCUT2D eigenvalue weighted by Gasteiger charge is -2.20. The average molecular weight is 427 g/mol. The molecule has 0 aliphatic heterocycles. The fraction of sp³-hybridized carbons (Fsp3) is 0.185. The number of ether oxygens (including phenoxy) is 1. The molecular formula is C27H26N2O3. The zero-order chi connectivity index (χ0) is 22.5. The number of hydrogen-bond donors (Lipinski definition) is 0. The second kappa shape index (κ2) is 9.52. The molecule has 3 aromatic carbocycles. The van der Waals surface area contributed by atoms with Crippen LogP contribution in [0, 0.1) is 0 Å². The molecule has 32 heavy (non-hydrogen) atoms.